The van der Waals surface area contributed by atoms with Crippen LogP contribution in [-0.4, -0.2) is 28.5 Å². The molecule has 4 aromatic rings. The van der Waals surface area contributed by atoms with Gasteiger partial charge in [0, 0.05) is 24.2 Å². The van der Waals surface area contributed by atoms with Crippen LogP contribution < -0.4 is 10.2 Å². The second-order valence-corrected chi connectivity index (χ2v) is 8.18. The van der Waals surface area contributed by atoms with E-state index in [-0.39, 0.29) is 23.0 Å². The quantitative estimate of drug-likeness (QED) is 0.438. The number of carbonyl (C=O) groups is 2. The molecule has 1 saturated heterocycles. The van der Waals surface area contributed by atoms with E-state index in [1.165, 1.54) is 12.1 Å². The van der Waals surface area contributed by atoms with Gasteiger partial charge >= 0.3 is 0 Å². The lowest BCUT2D eigenvalue weighted by Gasteiger charge is -2.18. The number of rotatable bonds is 4. The van der Waals surface area contributed by atoms with Crippen molar-refractivity contribution in [3.8, 4) is 11.3 Å². The molecule has 0 atom stereocenters. The van der Waals surface area contributed by atoms with Crippen LogP contribution in [0.15, 0.2) is 53.1 Å². The molecule has 2 amide bonds. The number of hydrogen-bond acceptors (Lipinski definition) is 5. The van der Waals surface area contributed by atoms with Crippen LogP contribution in [0, 0.1) is 12.7 Å². The Morgan fingerprint density at radius 3 is 2.70 bits per heavy atom. The second kappa shape index (κ2) is 8.29. The number of aryl methyl sites for hydroxylation is 1. The maximum Gasteiger partial charge on any atom is 0.259 e. The van der Waals surface area contributed by atoms with Crippen molar-refractivity contribution in [1.29, 1.82) is 0 Å². The number of halogens is 2. The fraction of sp³-hybridized carbons (Fsp3) is 0.167. The number of carbonyl (C=O) groups excluding carboxylic acids is 2. The molecule has 3 heterocycles. The smallest absolute Gasteiger partial charge is 0.259 e. The van der Waals surface area contributed by atoms with E-state index in [0.29, 0.717) is 51.7 Å². The van der Waals surface area contributed by atoms with E-state index in [1.54, 1.807) is 48.2 Å². The molecule has 0 radical (unpaired) electrons. The normalized spacial score (nSPS) is 13.7. The molecular weight excluding hydrogens is 447 g/mol. The van der Waals surface area contributed by atoms with Crippen LogP contribution in [0.5, 0.6) is 0 Å². The van der Waals surface area contributed by atoms with Gasteiger partial charge in [-0.2, -0.15) is 0 Å². The first-order valence-corrected chi connectivity index (χ1v) is 10.7. The van der Waals surface area contributed by atoms with Crippen LogP contribution >= 0.6 is 11.6 Å². The molecule has 0 bridgehead atoms. The molecule has 2 aromatic carbocycles. The van der Waals surface area contributed by atoms with Gasteiger partial charge < -0.3 is 14.7 Å². The Balaban J connectivity index is 1.54. The van der Waals surface area contributed by atoms with Gasteiger partial charge in [0.2, 0.25) is 5.91 Å². The topological polar surface area (TPSA) is 88.3 Å². The molecule has 2 aromatic heterocycles. The summed E-state index contributed by atoms with van der Waals surface area (Å²) < 4.78 is 18.7. The average Bonchev–Trinajstić information content (AvgIpc) is 3.40. The summed E-state index contributed by atoms with van der Waals surface area (Å²) in [4.78, 5) is 31.6. The Bertz CT molecular complexity index is 1400. The zero-order valence-corrected chi connectivity index (χ0v) is 18.3. The number of fused-ring (bicyclic) bond motifs is 1. The Morgan fingerprint density at radius 1 is 1.18 bits per heavy atom. The summed E-state index contributed by atoms with van der Waals surface area (Å²) in [5.74, 6) is -0.780. The van der Waals surface area contributed by atoms with Crippen LogP contribution in [0.4, 0.5) is 15.8 Å². The SMILES string of the molecule is Cc1noc2nc(-c3ccc(F)cc3)cc(C(=O)Nc3cc(N4CCCC4=O)ccc3Cl)c12. The molecule has 7 nitrogen and oxygen atoms in total. The van der Waals surface area contributed by atoms with Gasteiger partial charge in [-0.15, -0.1) is 0 Å². The molecule has 5 rings (SSSR count). The summed E-state index contributed by atoms with van der Waals surface area (Å²) in [6.45, 7) is 2.34. The minimum atomic E-state index is -0.441. The highest BCUT2D eigenvalue weighted by atomic mass is 35.5. The average molecular weight is 465 g/mol. The third kappa shape index (κ3) is 3.93. The summed E-state index contributed by atoms with van der Waals surface area (Å²) >= 11 is 6.34. The van der Waals surface area contributed by atoms with E-state index >= 15 is 0 Å². The largest absolute Gasteiger partial charge is 0.335 e. The van der Waals surface area contributed by atoms with E-state index in [4.69, 9.17) is 16.1 Å². The van der Waals surface area contributed by atoms with Crippen molar-refractivity contribution in [3.63, 3.8) is 0 Å². The van der Waals surface area contributed by atoms with Crippen molar-refractivity contribution in [1.82, 2.24) is 10.1 Å². The Morgan fingerprint density at radius 2 is 1.97 bits per heavy atom. The molecule has 1 N–H and O–H groups in total. The molecule has 0 unspecified atom stereocenters. The minimum absolute atomic E-state index is 0.0366. The van der Waals surface area contributed by atoms with Gasteiger partial charge in [0.05, 0.1) is 33.0 Å². The third-order valence-electron chi connectivity index (χ3n) is 5.58. The van der Waals surface area contributed by atoms with E-state index in [9.17, 15) is 14.0 Å². The van der Waals surface area contributed by atoms with Crippen molar-refractivity contribution < 1.29 is 18.5 Å². The lowest BCUT2D eigenvalue weighted by molar-refractivity contribution is -0.117. The highest BCUT2D eigenvalue weighted by Crippen LogP contribution is 2.32. The van der Waals surface area contributed by atoms with Gasteiger partial charge in [-0.1, -0.05) is 16.8 Å². The standard InChI is InChI=1S/C24H18ClFN4O3/c1-13-22-17(12-19(28-24(22)33-29-13)14-4-6-15(26)7-5-14)23(32)27-20-11-16(8-9-18(20)25)30-10-2-3-21(30)31/h4-9,11-12H,2-3,10H2,1H3,(H,27,32). The number of anilines is 2. The Labute approximate surface area is 193 Å². The molecular formula is C24H18ClFN4O3. The molecule has 0 spiro atoms. The van der Waals surface area contributed by atoms with Crippen LogP contribution in [0.1, 0.15) is 28.9 Å². The van der Waals surface area contributed by atoms with Gasteiger partial charge in [0.1, 0.15) is 5.82 Å². The summed E-state index contributed by atoms with van der Waals surface area (Å²) in [5, 5.41) is 7.59. The van der Waals surface area contributed by atoms with E-state index in [2.05, 4.69) is 15.5 Å². The predicted octanol–water partition coefficient (Wildman–Crippen LogP) is 5.37. The van der Waals surface area contributed by atoms with Crippen molar-refractivity contribution in [2.45, 2.75) is 19.8 Å². The van der Waals surface area contributed by atoms with Crippen LogP contribution in [0.3, 0.4) is 0 Å². The van der Waals surface area contributed by atoms with Gasteiger partial charge in [0.25, 0.3) is 11.6 Å². The summed E-state index contributed by atoms with van der Waals surface area (Å²) in [6, 6.07) is 12.5. The number of aromatic nitrogens is 2. The molecule has 1 aliphatic rings. The van der Waals surface area contributed by atoms with Crippen LogP contribution in [-0.2, 0) is 4.79 Å². The lowest BCUT2D eigenvalue weighted by Crippen LogP contribution is -2.24. The molecule has 1 aliphatic heterocycles. The number of benzene rings is 2. The van der Waals surface area contributed by atoms with Gasteiger partial charge in [0.15, 0.2) is 0 Å². The number of amides is 2. The Hall–Kier alpha value is -3.78. The van der Waals surface area contributed by atoms with Crippen molar-refractivity contribution >= 4 is 45.9 Å². The number of nitrogens with one attached hydrogen (secondary N) is 1. The summed E-state index contributed by atoms with van der Waals surface area (Å²) in [7, 11) is 0. The summed E-state index contributed by atoms with van der Waals surface area (Å²) in [5.41, 5.74) is 3.10. The molecule has 1 fully saturated rings. The van der Waals surface area contributed by atoms with E-state index < -0.39 is 5.91 Å². The first-order chi connectivity index (χ1) is 15.9. The lowest BCUT2D eigenvalue weighted by atomic mass is 10.0. The monoisotopic (exact) mass is 464 g/mol. The molecule has 166 valence electrons. The van der Waals surface area contributed by atoms with Gasteiger partial charge in [-0.05, 0) is 61.9 Å². The first-order valence-electron chi connectivity index (χ1n) is 10.3. The maximum absolute atomic E-state index is 13.4. The van der Waals surface area contributed by atoms with E-state index in [0.717, 1.165) is 6.42 Å². The van der Waals surface area contributed by atoms with Crippen LogP contribution in [0.25, 0.3) is 22.4 Å². The highest BCUT2D eigenvalue weighted by molar-refractivity contribution is 6.34. The number of nitrogens with zero attached hydrogens (tertiary/aromatic N) is 3. The van der Waals surface area contributed by atoms with Gasteiger partial charge in [-0.25, -0.2) is 9.37 Å². The molecule has 0 saturated carbocycles. The minimum Gasteiger partial charge on any atom is -0.335 e. The zero-order chi connectivity index (χ0) is 23.1. The molecule has 33 heavy (non-hydrogen) atoms. The van der Waals surface area contributed by atoms with Crippen LogP contribution in [0.2, 0.25) is 5.02 Å². The third-order valence-corrected chi connectivity index (χ3v) is 5.91. The maximum atomic E-state index is 13.4. The second-order valence-electron chi connectivity index (χ2n) is 7.78. The highest BCUT2D eigenvalue weighted by Gasteiger charge is 2.24. The predicted molar refractivity (Wildman–Crippen MR) is 123 cm³/mol. The van der Waals surface area contributed by atoms with Crippen molar-refractivity contribution in [2.24, 2.45) is 0 Å². The fourth-order valence-electron chi connectivity index (χ4n) is 3.93. The zero-order valence-electron chi connectivity index (χ0n) is 17.6. The number of pyridine rings is 1. The summed E-state index contributed by atoms with van der Waals surface area (Å²) in [6.07, 6.45) is 1.29. The first kappa shape index (κ1) is 21.1. The Kier molecular flexibility index (Phi) is 5.30. The van der Waals surface area contributed by atoms with Crippen molar-refractivity contribution in [3.05, 3.63) is 70.6 Å². The molecule has 9 heteroatoms. The van der Waals surface area contributed by atoms with Crippen molar-refractivity contribution in [2.75, 3.05) is 16.8 Å². The number of hydrogen-bond donors (Lipinski definition) is 1. The van der Waals surface area contributed by atoms with Gasteiger partial charge in [-0.3, -0.25) is 9.59 Å². The fourth-order valence-corrected chi connectivity index (χ4v) is 4.09. The molecule has 0 aliphatic carbocycles. The van der Waals surface area contributed by atoms with E-state index in [1.807, 2.05) is 0 Å².